The molecule has 1 fully saturated rings. The van der Waals surface area contributed by atoms with Crippen LogP contribution in [0.25, 0.3) is 11.3 Å². The van der Waals surface area contributed by atoms with Crippen LogP contribution in [-0.4, -0.2) is 28.9 Å². The van der Waals surface area contributed by atoms with E-state index in [0.717, 1.165) is 12.8 Å². The summed E-state index contributed by atoms with van der Waals surface area (Å²) in [6.45, 7) is 1.10. The molecule has 0 N–H and O–H groups in total. The first-order valence-corrected chi connectivity index (χ1v) is 8.87. The molecular weight excluding hydrogens is 350 g/mol. The fourth-order valence-corrected chi connectivity index (χ4v) is 3.41. The number of oxazole rings is 1. The number of hydrogen-bond acceptors (Lipinski definition) is 3. The van der Waals surface area contributed by atoms with E-state index in [1.807, 2.05) is 0 Å². The van der Waals surface area contributed by atoms with E-state index < -0.39 is 0 Å². The van der Waals surface area contributed by atoms with Crippen LogP contribution in [0.15, 0.2) is 59.2 Å². The van der Waals surface area contributed by atoms with Crippen molar-refractivity contribution < 1.29 is 18.0 Å². The Hall–Kier alpha value is -3.02. The standard InChI is InChI=1S/C21H18F2N2O2/c22-16-9-7-14(8-10-16)21(26)25-11-3-4-15(12-25)20-24-19(13-27-20)17-5-1-2-6-18(17)23/h1-2,5-10,13,15H,3-4,11-12H2/t15-/m0/s1. The summed E-state index contributed by atoms with van der Waals surface area (Å²) in [6.07, 6.45) is 3.11. The summed E-state index contributed by atoms with van der Waals surface area (Å²) >= 11 is 0. The van der Waals surface area contributed by atoms with Crippen LogP contribution < -0.4 is 0 Å². The Labute approximate surface area is 155 Å². The lowest BCUT2D eigenvalue weighted by Gasteiger charge is -2.31. The van der Waals surface area contributed by atoms with Gasteiger partial charge < -0.3 is 9.32 Å². The van der Waals surface area contributed by atoms with Crippen molar-refractivity contribution in [2.75, 3.05) is 13.1 Å². The molecule has 6 heteroatoms. The second-order valence-corrected chi connectivity index (χ2v) is 6.65. The highest BCUT2D eigenvalue weighted by Gasteiger charge is 2.28. The highest BCUT2D eigenvalue weighted by molar-refractivity contribution is 5.94. The Balaban J connectivity index is 1.51. The molecule has 1 amide bonds. The van der Waals surface area contributed by atoms with Gasteiger partial charge in [-0.05, 0) is 49.2 Å². The first kappa shape index (κ1) is 17.4. The van der Waals surface area contributed by atoms with Gasteiger partial charge in [0.1, 0.15) is 23.6 Å². The topological polar surface area (TPSA) is 46.3 Å². The van der Waals surface area contributed by atoms with Gasteiger partial charge >= 0.3 is 0 Å². The van der Waals surface area contributed by atoms with Gasteiger partial charge in [0.2, 0.25) is 0 Å². The van der Waals surface area contributed by atoms with Crippen molar-refractivity contribution in [1.82, 2.24) is 9.88 Å². The second-order valence-electron chi connectivity index (χ2n) is 6.65. The maximum Gasteiger partial charge on any atom is 0.253 e. The van der Waals surface area contributed by atoms with Gasteiger partial charge in [-0.25, -0.2) is 13.8 Å². The SMILES string of the molecule is O=C(c1ccc(F)cc1)N1CCC[C@H](c2nc(-c3ccccc3F)co2)C1. The lowest BCUT2D eigenvalue weighted by molar-refractivity contribution is 0.0698. The number of likely N-dealkylation sites (tertiary alicyclic amines) is 1. The van der Waals surface area contributed by atoms with Gasteiger partial charge in [0.05, 0.1) is 5.92 Å². The normalized spacial score (nSPS) is 17.1. The first-order chi connectivity index (χ1) is 13.1. The minimum Gasteiger partial charge on any atom is -0.448 e. The summed E-state index contributed by atoms with van der Waals surface area (Å²) in [5, 5.41) is 0. The van der Waals surface area contributed by atoms with Crippen LogP contribution in [0.1, 0.15) is 35.0 Å². The molecule has 0 spiro atoms. The zero-order valence-corrected chi connectivity index (χ0v) is 14.6. The van der Waals surface area contributed by atoms with Crippen LogP contribution in [0.4, 0.5) is 8.78 Å². The molecule has 138 valence electrons. The number of carbonyl (C=O) groups is 1. The van der Waals surface area contributed by atoms with Crippen LogP contribution in [-0.2, 0) is 0 Å². The molecule has 0 bridgehead atoms. The van der Waals surface area contributed by atoms with Crippen molar-refractivity contribution in [3.8, 4) is 11.3 Å². The second kappa shape index (κ2) is 7.31. The average molecular weight is 368 g/mol. The third-order valence-corrected chi connectivity index (χ3v) is 4.82. The van der Waals surface area contributed by atoms with Crippen molar-refractivity contribution in [3.63, 3.8) is 0 Å². The van der Waals surface area contributed by atoms with Crippen molar-refractivity contribution in [1.29, 1.82) is 0 Å². The predicted molar refractivity (Wildman–Crippen MR) is 96.2 cm³/mol. The molecule has 1 aliphatic heterocycles. The Kier molecular flexibility index (Phi) is 4.71. The van der Waals surface area contributed by atoms with E-state index in [9.17, 15) is 13.6 Å². The van der Waals surface area contributed by atoms with Gasteiger partial charge in [-0.2, -0.15) is 0 Å². The van der Waals surface area contributed by atoms with E-state index in [1.165, 1.54) is 36.6 Å². The molecule has 0 unspecified atom stereocenters. The monoisotopic (exact) mass is 368 g/mol. The quantitative estimate of drug-likeness (QED) is 0.677. The molecule has 4 rings (SSSR count). The highest BCUT2D eigenvalue weighted by atomic mass is 19.1. The third-order valence-electron chi connectivity index (χ3n) is 4.82. The Morgan fingerprint density at radius 3 is 2.67 bits per heavy atom. The van der Waals surface area contributed by atoms with Gasteiger partial charge in [-0.1, -0.05) is 12.1 Å². The summed E-state index contributed by atoms with van der Waals surface area (Å²) < 4.78 is 32.6. The molecule has 27 heavy (non-hydrogen) atoms. The van der Waals surface area contributed by atoms with Gasteiger partial charge in [0.15, 0.2) is 5.89 Å². The van der Waals surface area contributed by atoms with E-state index in [0.29, 0.717) is 35.8 Å². The van der Waals surface area contributed by atoms with Crippen molar-refractivity contribution >= 4 is 5.91 Å². The van der Waals surface area contributed by atoms with Gasteiger partial charge in [0.25, 0.3) is 5.91 Å². The van der Waals surface area contributed by atoms with Gasteiger partial charge in [-0.3, -0.25) is 4.79 Å². The smallest absolute Gasteiger partial charge is 0.253 e. The Morgan fingerprint density at radius 2 is 1.89 bits per heavy atom. The average Bonchev–Trinajstić information content (AvgIpc) is 3.18. The highest BCUT2D eigenvalue weighted by Crippen LogP contribution is 2.30. The number of aromatic nitrogens is 1. The van der Waals surface area contributed by atoms with Crippen LogP contribution in [0.3, 0.4) is 0 Å². The zero-order valence-electron chi connectivity index (χ0n) is 14.6. The number of piperidine rings is 1. The molecular formula is C21H18F2N2O2. The van der Waals surface area contributed by atoms with E-state index in [2.05, 4.69) is 4.98 Å². The maximum atomic E-state index is 13.9. The minimum atomic E-state index is -0.372. The minimum absolute atomic E-state index is 0.0522. The Morgan fingerprint density at radius 1 is 1.11 bits per heavy atom. The molecule has 0 saturated carbocycles. The van der Waals surface area contributed by atoms with Crippen LogP contribution in [0, 0.1) is 11.6 Å². The number of carbonyl (C=O) groups excluding carboxylic acids is 1. The molecule has 1 aliphatic rings. The maximum absolute atomic E-state index is 13.9. The predicted octanol–water partition coefficient (Wildman–Crippen LogP) is 4.64. The van der Waals surface area contributed by atoms with E-state index >= 15 is 0 Å². The molecule has 0 radical (unpaired) electrons. The summed E-state index contributed by atoms with van der Waals surface area (Å²) in [4.78, 5) is 18.8. The fourth-order valence-electron chi connectivity index (χ4n) is 3.41. The van der Waals surface area contributed by atoms with Gasteiger partial charge in [0, 0.05) is 24.2 Å². The van der Waals surface area contributed by atoms with Crippen molar-refractivity contribution in [3.05, 3.63) is 77.9 Å². The van der Waals surface area contributed by atoms with E-state index in [4.69, 9.17) is 4.42 Å². The molecule has 4 nitrogen and oxygen atoms in total. The number of amides is 1. The lowest BCUT2D eigenvalue weighted by Crippen LogP contribution is -2.39. The van der Waals surface area contributed by atoms with Crippen molar-refractivity contribution in [2.45, 2.75) is 18.8 Å². The van der Waals surface area contributed by atoms with Gasteiger partial charge in [-0.15, -0.1) is 0 Å². The first-order valence-electron chi connectivity index (χ1n) is 8.87. The molecule has 0 aliphatic carbocycles. The lowest BCUT2D eigenvalue weighted by atomic mass is 9.97. The number of hydrogen-bond donors (Lipinski definition) is 0. The van der Waals surface area contributed by atoms with Crippen molar-refractivity contribution in [2.24, 2.45) is 0 Å². The molecule has 2 heterocycles. The summed E-state index contributed by atoms with van der Waals surface area (Å²) in [7, 11) is 0. The summed E-state index contributed by atoms with van der Waals surface area (Å²) in [5.74, 6) is -0.410. The van der Waals surface area contributed by atoms with E-state index in [-0.39, 0.29) is 23.5 Å². The zero-order chi connectivity index (χ0) is 18.8. The van der Waals surface area contributed by atoms with Crippen LogP contribution in [0.2, 0.25) is 0 Å². The Bertz CT molecular complexity index is 953. The van der Waals surface area contributed by atoms with Crippen LogP contribution in [0.5, 0.6) is 0 Å². The third kappa shape index (κ3) is 3.60. The summed E-state index contributed by atoms with van der Waals surface area (Å²) in [5.41, 5.74) is 1.30. The number of benzene rings is 2. The molecule has 1 saturated heterocycles. The molecule has 2 aromatic carbocycles. The number of nitrogens with zero attached hydrogens (tertiary/aromatic N) is 2. The largest absolute Gasteiger partial charge is 0.448 e. The molecule has 1 atom stereocenters. The number of rotatable bonds is 3. The number of halogens is 2. The van der Waals surface area contributed by atoms with E-state index in [1.54, 1.807) is 23.1 Å². The molecule has 3 aromatic rings. The summed E-state index contributed by atoms with van der Waals surface area (Å²) in [6, 6.07) is 11.9. The fraction of sp³-hybridized carbons (Fsp3) is 0.238. The molecule has 1 aromatic heterocycles. The van der Waals surface area contributed by atoms with Crippen LogP contribution >= 0.6 is 0 Å².